The number of hydrogen-bond donors (Lipinski definition) is 2. The highest BCUT2D eigenvalue weighted by Gasteiger charge is 2.28. The Hall–Kier alpha value is -1.79. The summed E-state index contributed by atoms with van der Waals surface area (Å²) in [6.07, 6.45) is 1.74. The molecule has 1 aliphatic rings. The second-order valence-electron chi connectivity index (χ2n) is 7.01. The van der Waals surface area contributed by atoms with Crippen LogP contribution >= 0.6 is 0 Å². The summed E-state index contributed by atoms with van der Waals surface area (Å²) in [7, 11) is 0. The van der Waals surface area contributed by atoms with Gasteiger partial charge in [0.05, 0.1) is 12.5 Å². The van der Waals surface area contributed by atoms with Crippen LogP contribution in [0.15, 0.2) is 4.99 Å². The molecule has 1 rings (SSSR count). The first-order valence-electron chi connectivity index (χ1n) is 8.77. The van der Waals surface area contributed by atoms with Gasteiger partial charge in [0.1, 0.15) is 6.54 Å². The Bertz CT molecular complexity index is 457. The van der Waals surface area contributed by atoms with E-state index >= 15 is 0 Å². The van der Waals surface area contributed by atoms with Crippen LogP contribution in [0.25, 0.3) is 0 Å². The van der Waals surface area contributed by atoms with E-state index in [-0.39, 0.29) is 29.9 Å². The highest BCUT2D eigenvalue weighted by atomic mass is 16.5. The van der Waals surface area contributed by atoms with Gasteiger partial charge in [-0.25, -0.2) is 4.99 Å². The van der Waals surface area contributed by atoms with E-state index in [1.165, 1.54) is 0 Å². The van der Waals surface area contributed by atoms with Crippen molar-refractivity contribution in [3.8, 4) is 0 Å². The van der Waals surface area contributed by atoms with Gasteiger partial charge < -0.3 is 20.3 Å². The van der Waals surface area contributed by atoms with Crippen molar-refractivity contribution in [1.82, 2.24) is 15.5 Å². The van der Waals surface area contributed by atoms with Crippen LogP contribution < -0.4 is 10.6 Å². The van der Waals surface area contributed by atoms with Crippen molar-refractivity contribution in [3.05, 3.63) is 0 Å². The molecule has 0 spiro atoms. The Balaban J connectivity index is 2.70. The molecule has 0 radical (unpaired) electrons. The highest BCUT2D eigenvalue weighted by Crippen LogP contribution is 2.18. The number of piperidine rings is 1. The average Bonchev–Trinajstić information content (AvgIpc) is 2.50. The van der Waals surface area contributed by atoms with Crippen molar-refractivity contribution >= 4 is 17.8 Å². The molecule has 1 fully saturated rings. The fraction of sp³-hybridized carbons (Fsp3) is 0.824. The van der Waals surface area contributed by atoms with Crippen LogP contribution in [-0.4, -0.2) is 61.1 Å². The van der Waals surface area contributed by atoms with E-state index < -0.39 is 0 Å². The van der Waals surface area contributed by atoms with Crippen LogP contribution in [-0.2, 0) is 14.3 Å². The van der Waals surface area contributed by atoms with E-state index in [0.29, 0.717) is 25.7 Å². The summed E-state index contributed by atoms with van der Waals surface area (Å²) in [5.74, 6) is 0.280. The summed E-state index contributed by atoms with van der Waals surface area (Å²) in [5.41, 5.74) is -0.273. The normalized spacial score (nSPS) is 19.0. The van der Waals surface area contributed by atoms with Crippen LogP contribution in [0.3, 0.4) is 0 Å². The minimum absolute atomic E-state index is 0.0696. The lowest BCUT2D eigenvalue weighted by Crippen LogP contribution is -2.49. The number of nitrogens with zero attached hydrogens (tertiary/aromatic N) is 2. The van der Waals surface area contributed by atoms with Crippen LogP contribution in [0, 0.1) is 5.92 Å². The lowest BCUT2D eigenvalue weighted by atomic mass is 9.98. The zero-order valence-electron chi connectivity index (χ0n) is 15.6. The average molecular weight is 340 g/mol. The zero-order chi connectivity index (χ0) is 18.2. The van der Waals surface area contributed by atoms with E-state index in [1.54, 1.807) is 0 Å². The van der Waals surface area contributed by atoms with Gasteiger partial charge in [-0.2, -0.15) is 0 Å². The molecule has 0 aliphatic carbocycles. The molecule has 1 heterocycles. The number of likely N-dealkylation sites (tertiary alicyclic amines) is 1. The van der Waals surface area contributed by atoms with Crippen LogP contribution in [0.5, 0.6) is 0 Å². The number of carbonyl (C=O) groups is 2. The minimum Gasteiger partial charge on any atom is -0.466 e. The Kier molecular flexibility index (Phi) is 8.01. The number of hydrogen-bond acceptors (Lipinski definition) is 4. The molecule has 1 aliphatic heterocycles. The Morgan fingerprint density at radius 2 is 2.00 bits per heavy atom. The molecular weight excluding hydrogens is 308 g/mol. The molecule has 1 atom stereocenters. The number of amides is 1. The van der Waals surface area contributed by atoms with Gasteiger partial charge in [0.2, 0.25) is 5.91 Å². The van der Waals surface area contributed by atoms with Crippen molar-refractivity contribution in [2.45, 2.75) is 53.0 Å². The van der Waals surface area contributed by atoms with Gasteiger partial charge in [-0.1, -0.05) is 0 Å². The highest BCUT2D eigenvalue weighted by molar-refractivity contribution is 5.85. The first-order chi connectivity index (χ1) is 11.3. The van der Waals surface area contributed by atoms with Gasteiger partial charge in [-0.05, 0) is 47.5 Å². The number of guanidine groups is 1. The van der Waals surface area contributed by atoms with Gasteiger partial charge in [0.25, 0.3) is 0 Å². The van der Waals surface area contributed by atoms with E-state index in [2.05, 4.69) is 15.6 Å². The zero-order valence-corrected chi connectivity index (χ0v) is 15.6. The maximum absolute atomic E-state index is 12.0. The largest absolute Gasteiger partial charge is 0.466 e. The minimum atomic E-state index is -0.273. The van der Waals surface area contributed by atoms with Crippen LogP contribution in [0.4, 0.5) is 0 Å². The van der Waals surface area contributed by atoms with Gasteiger partial charge in [0.15, 0.2) is 5.96 Å². The molecule has 0 aromatic rings. The fourth-order valence-electron chi connectivity index (χ4n) is 2.65. The van der Waals surface area contributed by atoms with Crippen molar-refractivity contribution in [3.63, 3.8) is 0 Å². The number of carbonyl (C=O) groups excluding carboxylic acids is 2. The second kappa shape index (κ2) is 9.49. The number of nitrogens with one attached hydrogen (secondary N) is 2. The van der Waals surface area contributed by atoms with Gasteiger partial charge in [-0.3, -0.25) is 9.59 Å². The summed E-state index contributed by atoms with van der Waals surface area (Å²) in [6.45, 7) is 12.2. The van der Waals surface area contributed by atoms with Gasteiger partial charge >= 0.3 is 5.97 Å². The van der Waals surface area contributed by atoms with Crippen molar-refractivity contribution < 1.29 is 14.3 Å². The van der Waals surface area contributed by atoms with Gasteiger partial charge in [-0.15, -0.1) is 0 Å². The van der Waals surface area contributed by atoms with Crippen molar-refractivity contribution in [1.29, 1.82) is 0 Å². The molecule has 138 valence electrons. The first kappa shape index (κ1) is 20.3. The smallest absolute Gasteiger partial charge is 0.310 e. The second-order valence-corrected chi connectivity index (χ2v) is 7.01. The van der Waals surface area contributed by atoms with Crippen LogP contribution in [0.1, 0.15) is 47.5 Å². The predicted molar refractivity (Wildman–Crippen MR) is 94.8 cm³/mol. The fourth-order valence-corrected chi connectivity index (χ4v) is 2.65. The lowest BCUT2D eigenvalue weighted by molar-refractivity contribution is -0.149. The summed E-state index contributed by atoms with van der Waals surface area (Å²) < 4.78 is 5.13. The monoisotopic (exact) mass is 340 g/mol. The number of ether oxygens (including phenoxy) is 1. The molecule has 1 saturated heterocycles. The van der Waals surface area contributed by atoms with E-state index in [9.17, 15) is 9.59 Å². The molecule has 0 aromatic carbocycles. The quantitative estimate of drug-likeness (QED) is 0.445. The molecule has 24 heavy (non-hydrogen) atoms. The maximum Gasteiger partial charge on any atom is 0.310 e. The molecule has 0 bridgehead atoms. The molecular formula is C17H32N4O3. The van der Waals surface area contributed by atoms with Crippen LogP contribution in [0.2, 0.25) is 0 Å². The third-order valence-corrected chi connectivity index (χ3v) is 3.56. The topological polar surface area (TPSA) is 83.0 Å². The number of aliphatic imine (C=N–C) groups is 1. The molecule has 7 nitrogen and oxygen atoms in total. The number of esters is 1. The summed E-state index contributed by atoms with van der Waals surface area (Å²) in [5, 5.41) is 6.10. The Morgan fingerprint density at radius 3 is 2.58 bits per heavy atom. The molecule has 0 aromatic heterocycles. The maximum atomic E-state index is 12.0. The SMILES string of the molecule is CCNC(=NCC(=O)NC(C)(C)C)N1CCCC(C(=O)OCC)C1. The van der Waals surface area contributed by atoms with Crippen molar-refractivity contribution in [2.24, 2.45) is 10.9 Å². The molecule has 1 unspecified atom stereocenters. The molecule has 2 N–H and O–H groups in total. The van der Waals surface area contributed by atoms with E-state index in [0.717, 1.165) is 19.4 Å². The Morgan fingerprint density at radius 1 is 1.29 bits per heavy atom. The molecule has 0 saturated carbocycles. The predicted octanol–water partition coefficient (Wildman–Crippen LogP) is 1.14. The summed E-state index contributed by atoms with van der Waals surface area (Å²) in [4.78, 5) is 30.4. The third kappa shape index (κ3) is 7.19. The van der Waals surface area contributed by atoms with E-state index in [4.69, 9.17) is 4.74 Å². The third-order valence-electron chi connectivity index (χ3n) is 3.56. The van der Waals surface area contributed by atoms with E-state index in [1.807, 2.05) is 39.5 Å². The number of rotatable bonds is 5. The first-order valence-corrected chi connectivity index (χ1v) is 8.77. The van der Waals surface area contributed by atoms with Crippen molar-refractivity contribution in [2.75, 3.05) is 32.8 Å². The standard InChI is InChI=1S/C17H32N4O3/c1-6-18-16(19-11-14(22)20-17(3,4)5)21-10-8-9-13(12-21)15(23)24-7-2/h13H,6-12H2,1-5H3,(H,18,19)(H,20,22). The molecule has 7 heteroatoms. The summed E-state index contributed by atoms with van der Waals surface area (Å²) in [6, 6.07) is 0. The molecule has 1 amide bonds. The summed E-state index contributed by atoms with van der Waals surface area (Å²) >= 11 is 0. The Labute approximate surface area is 145 Å². The lowest BCUT2D eigenvalue weighted by Gasteiger charge is -2.34. The van der Waals surface area contributed by atoms with Gasteiger partial charge in [0, 0.05) is 25.2 Å².